The van der Waals surface area contributed by atoms with Crippen LogP contribution in [0.25, 0.3) is 0 Å². The second-order valence-corrected chi connectivity index (χ2v) is 11.9. The van der Waals surface area contributed by atoms with Gasteiger partial charge in [-0.25, -0.2) is 0 Å². The molecule has 0 saturated carbocycles. The van der Waals surface area contributed by atoms with Crippen molar-refractivity contribution in [2.75, 3.05) is 28.2 Å². The molecule has 0 aromatic rings. The Morgan fingerprint density at radius 2 is 1.00 bits per heavy atom. The number of hydrogen-bond acceptors (Lipinski definition) is 6. The molecule has 0 aromatic heterocycles. The fourth-order valence-electron chi connectivity index (χ4n) is 2.45. The van der Waals surface area contributed by atoms with Crippen LogP contribution in [0.15, 0.2) is 0 Å². The molecule has 0 heterocycles. The molecule has 29 heavy (non-hydrogen) atoms. The molecule has 7 heteroatoms. The van der Waals surface area contributed by atoms with Gasteiger partial charge in [-0.3, -0.25) is 0 Å². The van der Waals surface area contributed by atoms with Gasteiger partial charge in [0.05, 0.1) is 11.9 Å². The van der Waals surface area contributed by atoms with Gasteiger partial charge in [-0.05, 0) is 41.0 Å². The van der Waals surface area contributed by atoms with Gasteiger partial charge in [-0.2, -0.15) is 0 Å². The summed E-state index contributed by atoms with van der Waals surface area (Å²) in [5.74, 6) is -1.96. The summed E-state index contributed by atoms with van der Waals surface area (Å²) in [5, 5.41) is 20.8. The van der Waals surface area contributed by atoms with Crippen molar-refractivity contribution in [2.45, 2.75) is 100 Å². The first kappa shape index (κ1) is 33.3. The van der Waals surface area contributed by atoms with E-state index >= 15 is 0 Å². The van der Waals surface area contributed by atoms with Crippen LogP contribution in [0.1, 0.15) is 79.1 Å². The summed E-state index contributed by atoms with van der Waals surface area (Å²) in [5.41, 5.74) is 0. The number of carboxylic acid groups (broad SMARTS) is 2. The molecule has 2 atom stereocenters. The molecule has 0 aliphatic heterocycles. The van der Waals surface area contributed by atoms with Gasteiger partial charge in [-0.15, -0.1) is 0 Å². The average molecular weight is 521 g/mol. The molecule has 0 N–H and O–H groups in total. The molecule has 2 unspecified atom stereocenters. The molecule has 0 saturated heterocycles. The first-order valence-corrected chi connectivity index (χ1v) is 15.1. The number of aliphatic carboxylic acids is 2. The predicted molar refractivity (Wildman–Crippen MR) is 120 cm³/mol. The van der Waals surface area contributed by atoms with E-state index in [2.05, 4.69) is 13.8 Å². The van der Waals surface area contributed by atoms with E-state index in [-0.39, 0.29) is 21.1 Å². The van der Waals surface area contributed by atoms with Crippen LogP contribution in [-0.2, 0) is 9.59 Å². The normalized spacial score (nSPS) is 12.2. The van der Waals surface area contributed by atoms with Crippen molar-refractivity contribution in [3.63, 3.8) is 0 Å². The van der Waals surface area contributed by atoms with Gasteiger partial charge in [0.25, 0.3) is 0 Å². The Kier molecular flexibility index (Phi) is 27.5. The summed E-state index contributed by atoms with van der Waals surface area (Å²) in [4.78, 5) is 24.1. The Balaban J connectivity index is -0.000000350. The third kappa shape index (κ3) is 23.8. The van der Waals surface area contributed by atoms with Crippen LogP contribution < -0.4 is 10.2 Å². The monoisotopic (exact) mass is 522 g/mol. The van der Waals surface area contributed by atoms with Crippen molar-refractivity contribution >= 4 is 33.1 Å². The van der Waals surface area contributed by atoms with Crippen molar-refractivity contribution in [3.05, 3.63) is 0 Å². The SMILES string of the molecule is CCCC(C(=O)[O-])N(C)C.CCCC(C(=O)[O-])N(C)C.CCC[CH2][Sn+2][CH2]CCC. The number of rotatable bonds is 14. The maximum atomic E-state index is 10.4. The summed E-state index contributed by atoms with van der Waals surface area (Å²) in [6, 6.07) is -0.852. The van der Waals surface area contributed by atoms with Crippen LogP contribution in [-0.4, -0.2) is 83.2 Å². The van der Waals surface area contributed by atoms with Gasteiger partial charge < -0.3 is 29.6 Å². The molecule has 172 valence electrons. The van der Waals surface area contributed by atoms with Crippen LogP contribution in [0.3, 0.4) is 0 Å². The average Bonchev–Trinajstić information content (AvgIpc) is 2.64. The third-order valence-corrected chi connectivity index (χ3v) is 8.37. The van der Waals surface area contributed by atoms with E-state index in [1.165, 1.54) is 25.7 Å². The van der Waals surface area contributed by atoms with Crippen LogP contribution >= 0.6 is 0 Å². The zero-order valence-electron chi connectivity index (χ0n) is 20.3. The number of carbonyl (C=O) groups is 2. The number of unbranched alkanes of at least 4 members (excludes halogenated alkanes) is 2. The van der Waals surface area contributed by atoms with Crippen LogP contribution in [0.5, 0.6) is 0 Å². The van der Waals surface area contributed by atoms with Crippen molar-refractivity contribution in [3.8, 4) is 0 Å². The number of likely N-dealkylation sites (N-methyl/N-ethyl adjacent to an activating group) is 2. The van der Waals surface area contributed by atoms with E-state index < -0.39 is 24.0 Å². The van der Waals surface area contributed by atoms with Gasteiger partial charge in [-0.1, -0.05) is 26.7 Å². The molecular weight excluding hydrogens is 475 g/mol. The fraction of sp³-hybridized carbons (Fsp3) is 0.909. The summed E-state index contributed by atoms with van der Waals surface area (Å²) in [6.07, 6.45) is 8.91. The zero-order valence-corrected chi connectivity index (χ0v) is 23.1. The molecule has 0 bridgehead atoms. The minimum absolute atomic E-state index is 0.149. The van der Waals surface area contributed by atoms with E-state index in [0.717, 1.165) is 12.8 Å². The molecule has 0 spiro atoms. The topological polar surface area (TPSA) is 86.7 Å². The molecule has 0 aromatic carbocycles. The quantitative estimate of drug-likeness (QED) is 0.257. The maximum absolute atomic E-state index is 10.4. The van der Waals surface area contributed by atoms with Crippen molar-refractivity contribution < 1.29 is 19.8 Å². The number of carboxylic acids is 2. The molecule has 0 aliphatic rings. The Morgan fingerprint density at radius 3 is 1.14 bits per heavy atom. The molecular formula is C22H46N2O4Sn. The van der Waals surface area contributed by atoms with Crippen molar-refractivity contribution in [1.82, 2.24) is 9.80 Å². The van der Waals surface area contributed by atoms with Gasteiger partial charge in [0.2, 0.25) is 0 Å². The molecule has 0 aliphatic carbocycles. The van der Waals surface area contributed by atoms with Gasteiger partial charge in [0.15, 0.2) is 0 Å². The van der Waals surface area contributed by atoms with E-state index in [4.69, 9.17) is 0 Å². The second-order valence-electron chi connectivity index (χ2n) is 7.63. The molecule has 0 fully saturated rings. The van der Waals surface area contributed by atoms with Crippen LogP contribution in [0.2, 0.25) is 8.87 Å². The Hall–Kier alpha value is -0.341. The zero-order chi connectivity index (χ0) is 23.2. The Labute approximate surface area is 190 Å². The van der Waals surface area contributed by atoms with E-state index in [0.29, 0.717) is 12.8 Å². The first-order valence-electron chi connectivity index (χ1n) is 11.1. The number of carbonyl (C=O) groups excluding carboxylic acids is 2. The summed E-state index contributed by atoms with van der Waals surface area (Å²) in [7, 11) is 6.98. The fourth-order valence-corrected chi connectivity index (χ4v) is 6.61. The van der Waals surface area contributed by atoms with Gasteiger partial charge in [0.1, 0.15) is 0 Å². The van der Waals surface area contributed by atoms with E-state index in [1.54, 1.807) is 46.9 Å². The summed E-state index contributed by atoms with van der Waals surface area (Å²) in [6.45, 7) is 8.50. The molecule has 0 amide bonds. The predicted octanol–water partition coefficient (Wildman–Crippen LogP) is 2.06. The molecule has 6 nitrogen and oxygen atoms in total. The Morgan fingerprint density at radius 1 is 0.690 bits per heavy atom. The van der Waals surface area contributed by atoms with Crippen molar-refractivity contribution in [2.24, 2.45) is 0 Å². The van der Waals surface area contributed by atoms with Crippen molar-refractivity contribution in [1.29, 1.82) is 0 Å². The van der Waals surface area contributed by atoms with E-state index in [9.17, 15) is 19.8 Å². The summed E-state index contributed by atoms with van der Waals surface area (Å²) < 4.78 is 3.25. The van der Waals surface area contributed by atoms with E-state index in [1.807, 2.05) is 13.8 Å². The number of nitrogens with zero attached hydrogens (tertiary/aromatic N) is 2. The minimum atomic E-state index is -0.980. The van der Waals surface area contributed by atoms with Gasteiger partial charge >= 0.3 is 69.5 Å². The summed E-state index contributed by atoms with van der Waals surface area (Å²) >= 11 is 0.149. The Bertz CT molecular complexity index is 346. The molecule has 0 radical (unpaired) electrons. The third-order valence-electron chi connectivity index (χ3n) is 4.33. The molecule has 0 rings (SSSR count). The second kappa shape index (κ2) is 23.9. The first-order chi connectivity index (χ1) is 13.6. The number of hydrogen-bond donors (Lipinski definition) is 0. The van der Waals surface area contributed by atoms with Crippen LogP contribution in [0.4, 0.5) is 0 Å². The standard InChI is InChI=1S/2C7H15NO2.2C4H9.Sn/c2*1-4-5-6(7(9)10)8(2)3;2*1-3-4-2;/h2*6H,4-5H2,1-3H3,(H,9,10);2*1,3-4H2,2H3;/q;;;;+2/p-2. The van der Waals surface area contributed by atoms with Crippen LogP contribution in [0, 0.1) is 0 Å². The van der Waals surface area contributed by atoms with Gasteiger partial charge in [0, 0.05) is 12.1 Å².